The number of nitrogens with zero attached hydrogens (tertiary/aromatic N) is 2. The number of hydrogen-bond donors (Lipinski definition) is 1. The van der Waals surface area contributed by atoms with Crippen LogP contribution in [-0.2, 0) is 11.3 Å². The summed E-state index contributed by atoms with van der Waals surface area (Å²) in [6.07, 6.45) is 1.01. The number of ether oxygens (including phenoxy) is 1. The topological polar surface area (TPSA) is 44.8 Å². The summed E-state index contributed by atoms with van der Waals surface area (Å²) in [5.74, 6) is -0.231. The molecule has 2 heterocycles. The van der Waals surface area contributed by atoms with Gasteiger partial charge in [-0.25, -0.2) is 9.18 Å². The Bertz CT molecular complexity index is 561. The minimum atomic E-state index is -0.231. The number of nitrogens with one attached hydrogen (secondary N) is 1. The number of halogens is 1. The van der Waals surface area contributed by atoms with Crippen LogP contribution in [0.2, 0.25) is 0 Å². The van der Waals surface area contributed by atoms with Crippen molar-refractivity contribution in [1.82, 2.24) is 15.1 Å². The molecule has 2 amide bonds. The first kappa shape index (κ1) is 16.2. The van der Waals surface area contributed by atoms with Gasteiger partial charge < -0.3 is 15.0 Å². The van der Waals surface area contributed by atoms with Crippen LogP contribution < -0.4 is 5.32 Å². The lowest BCUT2D eigenvalue weighted by atomic mass is 10.1. The summed E-state index contributed by atoms with van der Waals surface area (Å²) in [6.45, 7) is 7.07. The number of morpholine rings is 1. The lowest BCUT2D eigenvalue weighted by Gasteiger charge is -2.32. The fraction of sp³-hybridized carbons (Fsp3) is 0.588. The Hall–Kier alpha value is -1.66. The second kappa shape index (κ2) is 7.27. The quantitative estimate of drug-likeness (QED) is 0.922. The number of aryl methyl sites for hydroxylation is 1. The third kappa shape index (κ3) is 4.00. The lowest BCUT2D eigenvalue weighted by Crippen LogP contribution is -2.46. The zero-order valence-corrected chi connectivity index (χ0v) is 13.6. The highest BCUT2D eigenvalue weighted by atomic mass is 19.1. The molecule has 1 atom stereocenters. The van der Waals surface area contributed by atoms with Crippen LogP contribution in [0.3, 0.4) is 0 Å². The van der Waals surface area contributed by atoms with Crippen molar-refractivity contribution in [3.05, 3.63) is 35.1 Å². The third-order valence-electron chi connectivity index (χ3n) is 4.69. The van der Waals surface area contributed by atoms with Crippen LogP contribution >= 0.6 is 0 Å². The van der Waals surface area contributed by atoms with Crippen molar-refractivity contribution >= 4 is 6.03 Å². The van der Waals surface area contributed by atoms with Crippen LogP contribution in [0.15, 0.2) is 18.2 Å². The Morgan fingerprint density at radius 2 is 2.13 bits per heavy atom. The Balaban J connectivity index is 1.48. The molecule has 3 rings (SSSR count). The van der Waals surface area contributed by atoms with Gasteiger partial charge >= 0.3 is 6.03 Å². The number of hydrogen-bond acceptors (Lipinski definition) is 3. The molecular formula is C17H24FN3O2. The van der Waals surface area contributed by atoms with E-state index in [4.69, 9.17) is 4.74 Å². The maximum absolute atomic E-state index is 13.5. The first-order valence-corrected chi connectivity index (χ1v) is 8.23. The minimum absolute atomic E-state index is 0.0678. The molecule has 2 fully saturated rings. The summed E-state index contributed by atoms with van der Waals surface area (Å²) in [7, 11) is 0. The second-order valence-corrected chi connectivity index (χ2v) is 6.28. The summed E-state index contributed by atoms with van der Waals surface area (Å²) in [4.78, 5) is 16.5. The fourth-order valence-corrected chi connectivity index (χ4v) is 3.20. The van der Waals surface area contributed by atoms with Gasteiger partial charge in [0.05, 0.1) is 13.2 Å². The van der Waals surface area contributed by atoms with Gasteiger partial charge in [-0.05, 0) is 30.5 Å². The molecule has 0 unspecified atom stereocenters. The van der Waals surface area contributed by atoms with Crippen LogP contribution in [0.4, 0.5) is 9.18 Å². The summed E-state index contributed by atoms with van der Waals surface area (Å²) < 4.78 is 18.9. The van der Waals surface area contributed by atoms with Crippen LogP contribution in [0.25, 0.3) is 0 Å². The molecule has 0 saturated carbocycles. The van der Waals surface area contributed by atoms with Crippen molar-refractivity contribution < 1.29 is 13.9 Å². The highest BCUT2D eigenvalue weighted by molar-refractivity contribution is 5.74. The molecular weight excluding hydrogens is 297 g/mol. The van der Waals surface area contributed by atoms with Crippen molar-refractivity contribution in [3.63, 3.8) is 0 Å². The zero-order chi connectivity index (χ0) is 16.2. The van der Waals surface area contributed by atoms with E-state index >= 15 is 0 Å². The van der Waals surface area contributed by atoms with Gasteiger partial charge in [-0.1, -0.05) is 12.1 Å². The minimum Gasteiger partial charge on any atom is -0.379 e. The number of benzene rings is 1. The van der Waals surface area contributed by atoms with Crippen molar-refractivity contribution in [2.75, 3.05) is 39.4 Å². The molecule has 5 nitrogen and oxygen atoms in total. The van der Waals surface area contributed by atoms with Gasteiger partial charge in [0.25, 0.3) is 0 Å². The Morgan fingerprint density at radius 3 is 2.87 bits per heavy atom. The van der Waals surface area contributed by atoms with E-state index in [0.29, 0.717) is 18.2 Å². The van der Waals surface area contributed by atoms with E-state index in [2.05, 4.69) is 10.2 Å². The summed E-state index contributed by atoms with van der Waals surface area (Å²) in [5, 5.41) is 2.89. The molecule has 126 valence electrons. The number of carbonyl (C=O) groups is 1. The van der Waals surface area contributed by atoms with Gasteiger partial charge in [0.15, 0.2) is 0 Å². The monoisotopic (exact) mass is 321 g/mol. The normalized spacial score (nSPS) is 22.3. The smallest absolute Gasteiger partial charge is 0.317 e. The van der Waals surface area contributed by atoms with E-state index in [0.717, 1.165) is 51.4 Å². The SMILES string of the molecule is Cc1ccc(CNC(=O)N2CC[C@@H](N3CCOCC3)C2)cc1F. The third-order valence-corrected chi connectivity index (χ3v) is 4.69. The molecule has 2 aliphatic heterocycles. The number of likely N-dealkylation sites (tertiary alicyclic amines) is 1. The maximum atomic E-state index is 13.5. The molecule has 0 aliphatic carbocycles. The maximum Gasteiger partial charge on any atom is 0.317 e. The predicted octanol–water partition coefficient (Wildman–Crippen LogP) is 1.75. The number of carbonyl (C=O) groups excluding carboxylic acids is 1. The van der Waals surface area contributed by atoms with Crippen LogP contribution in [0.1, 0.15) is 17.5 Å². The molecule has 2 saturated heterocycles. The van der Waals surface area contributed by atoms with Crippen molar-refractivity contribution in [2.24, 2.45) is 0 Å². The van der Waals surface area contributed by atoms with E-state index in [-0.39, 0.29) is 11.8 Å². The second-order valence-electron chi connectivity index (χ2n) is 6.28. The molecule has 0 bridgehead atoms. The summed E-state index contributed by atoms with van der Waals surface area (Å²) >= 11 is 0. The first-order valence-electron chi connectivity index (χ1n) is 8.23. The highest BCUT2D eigenvalue weighted by Gasteiger charge is 2.30. The molecule has 1 N–H and O–H groups in total. The first-order chi connectivity index (χ1) is 11.1. The van der Waals surface area contributed by atoms with Crippen molar-refractivity contribution in [2.45, 2.75) is 25.9 Å². The highest BCUT2D eigenvalue weighted by Crippen LogP contribution is 2.17. The van der Waals surface area contributed by atoms with Gasteiger partial charge in [0.1, 0.15) is 5.82 Å². The summed E-state index contributed by atoms with van der Waals surface area (Å²) in [6, 6.07) is 5.43. The molecule has 6 heteroatoms. The van der Waals surface area contributed by atoms with Crippen molar-refractivity contribution in [1.29, 1.82) is 0 Å². The molecule has 2 aliphatic rings. The van der Waals surface area contributed by atoms with Gasteiger partial charge in [-0.2, -0.15) is 0 Å². The molecule has 0 radical (unpaired) electrons. The van der Waals surface area contributed by atoms with Crippen LogP contribution in [0, 0.1) is 12.7 Å². The molecule has 23 heavy (non-hydrogen) atoms. The number of urea groups is 1. The van der Waals surface area contributed by atoms with E-state index in [1.165, 1.54) is 6.07 Å². The number of amides is 2. The fourth-order valence-electron chi connectivity index (χ4n) is 3.20. The average molecular weight is 321 g/mol. The van der Waals surface area contributed by atoms with Gasteiger partial charge in [0.2, 0.25) is 0 Å². The average Bonchev–Trinajstić information content (AvgIpc) is 3.06. The molecule has 1 aromatic rings. The zero-order valence-electron chi connectivity index (χ0n) is 13.6. The standard InChI is InChI=1S/C17H24FN3O2/c1-13-2-3-14(10-16(13)18)11-19-17(22)21-5-4-15(12-21)20-6-8-23-9-7-20/h2-3,10,15H,4-9,11-12H2,1H3,(H,19,22)/t15-/m1/s1. The van der Waals surface area contributed by atoms with Crippen LogP contribution in [0.5, 0.6) is 0 Å². The van der Waals surface area contributed by atoms with E-state index in [1.54, 1.807) is 13.0 Å². The van der Waals surface area contributed by atoms with E-state index in [1.807, 2.05) is 11.0 Å². The Labute approximate surface area is 136 Å². The van der Waals surface area contributed by atoms with Gasteiger partial charge in [0, 0.05) is 38.8 Å². The van der Waals surface area contributed by atoms with Crippen LogP contribution in [-0.4, -0.2) is 61.3 Å². The van der Waals surface area contributed by atoms with Gasteiger partial charge in [-0.15, -0.1) is 0 Å². The Kier molecular flexibility index (Phi) is 5.13. The largest absolute Gasteiger partial charge is 0.379 e. The molecule has 0 spiro atoms. The van der Waals surface area contributed by atoms with Gasteiger partial charge in [-0.3, -0.25) is 4.90 Å². The Morgan fingerprint density at radius 1 is 1.35 bits per heavy atom. The predicted molar refractivity (Wildman–Crippen MR) is 85.7 cm³/mol. The molecule has 0 aromatic heterocycles. The molecule has 1 aromatic carbocycles. The van der Waals surface area contributed by atoms with E-state index < -0.39 is 0 Å². The lowest BCUT2D eigenvalue weighted by molar-refractivity contribution is 0.0191. The van der Waals surface area contributed by atoms with Crippen molar-refractivity contribution in [3.8, 4) is 0 Å². The summed E-state index contributed by atoms with van der Waals surface area (Å²) in [5.41, 5.74) is 1.40. The number of rotatable bonds is 3. The van der Waals surface area contributed by atoms with E-state index in [9.17, 15) is 9.18 Å².